The van der Waals surface area contributed by atoms with Crippen LogP contribution in [0, 0.1) is 6.92 Å². The quantitative estimate of drug-likeness (QED) is 0.914. The van der Waals surface area contributed by atoms with Crippen LogP contribution < -0.4 is 15.2 Å². The van der Waals surface area contributed by atoms with Crippen molar-refractivity contribution >= 4 is 21.7 Å². The van der Waals surface area contributed by atoms with Gasteiger partial charge in [0.1, 0.15) is 5.82 Å². The van der Waals surface area contributed by atoms with E-state index in [1.54, 1.807) is 20.3 Å². The lowest BCUT2D eigenvalue weighted by Crippen LogP contribution is -1.97. The van der Waals surface area contributed by atoms with Crippen LogP contribution in [0.3, 0.4) is 0 Å². The first kappa shape index (κ1) is 12.8. The standard InChI is InChI=1S/C12H14BrN3O2/c1-6-4-7(13)11(17-2)12(18-3)10(6)8-5-9(14)16-15-8/h4-5H,1-3H3,(H3,14,15,16). The van der Waals surface area contributed by atoms with Crippen molar-refractivity contribution in [3.63, 3.8) is 0 Å². The largest absolute Gasteiger partial charge is 0.492 e. The zero-order valence-electron chi connectivity index (χ0n) is 10.4. The number of hydrogen-bond donors (Lipinski definition) is 2. The fourth-order valence-electron chi connectivity index (χ4n) is 1.91. The topological polar surface area (TPSA) is 73.2 Å². The lowest BCUT2D eigenvalue weighted by Gasteiger charge is -2.15. The van der Waals surface area contributed by atoms with Crippen LogP contribution in [0.5, 0.6) is 11.5 Å². The van der Waals surface area contributed by atoms with E-state index in [0.29, 0.717) is 17.3 Å². The SMILES string of the molecule is COc1c(Br)cc(C)c(-c2cc(N)n[nH]2)c1OC. The van der Waals surface area contributed by atoms with Gasteiger partial charge in [0.15, 0.2) is 11.5 Å². The molecule has 96 valence electrons. The number of nitrogens with zero attached hydrogens (tertiary/aromatic N) is 1. The summed E-state index contributed by atoms with van der Waals surface area (Å²) in [5.41, 5.74) is 8.35. The first-order valence-corrected chi connectivity index (χ1v) is 6.10. The number of aromatic nitrogens is 2. The van der Waals surface area contributed by atoms with E-state index in [4.69, 9.17) is 15.2 Å². The number of aryl methyl sites for hydroxylation is 1. The van der Waals surface area contributed by atoms with E-state index in [0.717, 1.165) is 21.3 Å². The second-order valence-corrected chi connectivity index (χ2v) is 4.68. The molecule has 6 heteroatoms. The molecule has 0 radical (unpaired) electrons. The van der Waals surface area contributed by atoms with Crippen LogP contribution in [0.25, 0.3) is 11.3 Å². The van der Waals surface area contributed by atoms with Gasteiger partial charge < -0.3 is 15.2 Å². The highest BCUT2D eigenvalue weighted by Gasteiger charge is 2.19. The average Bonchev–Trinajstić information content (AvgIpc) is 2.74. The van der Waals surface area contributed by atoms with Crippen molar-refractivity contribution in [3.8, 4) is 22.8 Å². The van der Waals surface area contributed by atoms with Gasteiger partial charge in [0.25, 0.3) is 0 Å². The summed E-state index contributed by atoms with van der Waals surface area (Å²) in [7, 11) is 3.20. The number of rotatable bonds is 3. The molecule has 0 atom stereocenters. The lowest BCUT2D eigenvalue weighted by molar-refractivity contribution is 0.354. The van der Waals surface area contributed by atoms with Crippen LogP contribution in [0.15, 0.2) is 16.6 Å². The number of aromatic amines is 1. The molecule has 0 fully saturated rings. The number of ether oxygens (including phenoxy) is 2. The smallest absolute Gasteiger partial charge is 0.175 e. The number of benzene rings is 1. The van der Waals surface area contributed by atoms with E-state index >= 15 is 0 Å². The number of halogens is 1. The molecule has 0 bridgehead atoms. The molecule has 0 saturated heterocycles. The Balaban J connectivity index is 2.73. The van der Waals surface area contributed by atoms with Gasteiger partial charge >= 0.3 is 0 Å². The number of hydrogen-bond acceptors (Lipinski definition) is 4. The molecule has 0 aliphatic rings. The molecular weight excluding hydrogens is 298 g/mol. The summed E-state index contributed by atoms with van der Waals surface area (Å²) in [6, 6.07) is 3.73. The molecule has 0 amide bonds. The van der Waals surface area contributed by atoms with Gasteiger partial charge in [-0.2, -0.15) is 5.10 Å². The van der Waals surface area contributed by atoms with Crippen molar-refractivity contribution in [2.45, 2.75) is 6.92 Å². The molecule has 2 aromatic rings. The third-order valence-corrected chi connectivity index (χ3v) is 3.25. The normalized spacial score (nSPS) is 10.4. The minimum Gasteiger partial charge on any atom is -0.492 e. The highest BCUT2D eigenvalue weighted by Crippen LogP contribution is 2.44. The molecule has 0 saturated carbocycles. The molecular formula is C12H14BrN3O2. The highest BCUT2D eigenvalue weighted by molar-refractivity contribution is 9.10. The van der Waals surface area contributed by atoms with Crippen LogP contribution >= 0.6 is 15.9 Å². The first-order chi connectivity index (χ1) is 8.58. The predicted octanol–water partition coefficient (Wildman–Crippen LogP) is 2.75. The van der Waals surface area contributed by atoms with Crippen LogP contribution in [-0.4, -0.2) is 24.4 Å². The third-order valence-electron chi connectivity index (χ3n) is 2.66. The second kappa shape index (κ2) is 4.89. The van der Waals surface area contributed by atoms with Crippen LogP contribution in [0.1, 0.15) is 5.56 Å². The summed E-state index contributed by atoms with van der Waals surface area (Å²) in [4.78, 5) is 0. The van der Waals surface area contributed by atoms with E-state index in [1.165, 1.54) is 0 Å². The number of anilines is 1. The van der Waals surface area contributed by atoms with Gasteiger partial charge in [-0.1, -0.05) is 0 Å². The molecule has 1 aromatic heterocycles. The van der Waals surface area contributed by atoms with Crippen molar-refractivity contribution in [1.29, 1.82) is 0 Å². The van der Waals surface area contributed by atoms with Gasteiger partial charge in [0.2, 0.25) is 0 Å². The molecule has 0 aliphatic carbocycles. The molecule has 2 rings (SSSR count). The van der Waals surface area contributed by atoms with Gasteiger partial charge in [-0.3, -0.25) is 5.10 Å². The van der Waals surface area contributed by atoms with Crippen molar-refractivity contribution < 1.29 is 9.47 Å². The average molecular weight is 312 g/mol. The van der Waals surface area contributed by atoms with Crippen LogP contribution in [0.4, 0.5) is 5.82 Å². The Hall–Kier alpha value is -1.69. The number of nitrogens with one attached hydrogen (secondary N) is 1. The summed E-state index contributed by atoms with van der Waals surface area (Å²) < 4.78 is 11.6. The Morgan fingerprint density at radius 2 is 1.89 bits per heavy atom. The zero-order valence-corrected chi connectivity index (χ0v) is 12.0. The molecule has 0 spiro atoms. The minimum absolute atomic E-state index is 0.438. The van der Waals surface area contributed by atoms with E-state index in [2.05, 4.69) is 26.1 Å². The maximum Gasteiger partial charge on any atom is 0.175 e. The van der Waals surface area contributed by atoms with E-state index in [1.807, 2.05) is 13.0 Å². The van der Waals surface area contributed by atoms with Crippen LogP contribution in [-0.2, 0) is 0 Å². The number of nitrogens with two attached hydrogens (primary N) is 1. The summed E-state index contributed by atoms with van der Waals surface area (Å²) in [6.07, 6.45) is 0. The lowest BCUT2D eigenvalue weighted by atomic mass is 10.0. The number of methoxy groups -OCH3 is 2. The summed E-state index contributed by atoms with van der Waals surface area (Å²) >= 11 is 3.46. The monoisotopic (exact) mass is 311 g/mol. The molecule has 1 aromatic carbocycles. The summed E-state index contributed by atoms with van der Waals surface area (Å²) in [6.45, 7) is 1.99. The van der Waals surface area contributed by atoms with Crippen LogP contribution in [0.2, 0.25) is 0 Å². The van der Waals surface area contributed by atoms with Crippen molar-refractivity contribution in [3.05, 3.63) is 22.2 Å². The molecule has 5 nitrogen and oxygen atoms in total. The molecule has 0 aliphatic heterocycles. The Morgan fingerprint density at radius 3 is 2.39 bits per heavy atom. The first-order valence-electron chi connectivity index (χ1n) is 5.30. The van der Waals surface area contributed by atoms with Crippen molar-refractivity contribution in [2.75, 3.05) is 20.0 Å². The van der Waals surface area contributed by atoms with Gasteiger partial charge in [0, 0.05) is 11.6 Å². The molecule has 1 heterocycles. The predicted molar refractivity (Wildman–Crippen MR) is 74.0 cm³/mol. The van der Waals surface area contributed by atoms with E-state index in [-0.39, 0.29) is 0 Å². The maximum absolute atomic E-state index is 5.63. The van der Waals surface area contributed by atoms with Crippen molar-refractivity contribution in [1.82, 2.24) is 10.2 Å². The second-order valence-electron chi connectivity index (χ2n) is 3.82. The summed E-state index contributed by atoms with van der Waals surface area (Å²) in [5.74, 6) is 1.73. The van der Waals surface area contributed by atoms with Gasteiger partial charge in [-0.25, -0.2) is 0 Å². The molecule has 3 N–H and O–H groups in total. The Bertz CT molecular complexity index is 581. The van der Waals surface area contributed by atoms with Crippen molar-refractivity contribution in [2.24, 2.45) is 0 Å². The summed E-state index contributed by atoms with van der Waals surface area (Å²) in [5, 5.41) is 6.81. The zero-order chi connectivity index (χ0) is 13.3. The Kier molecular flexibility index (Phi) is 3.47. The highest BCUT2D eigenvalue weighted by atomic mass is 79.9. The third kappa shape index (κ3) is 2.03. The van der Waals surface area contributed by atoms with E-state index < -0.39 is 0 Å². The number of nitrogen functional groups attached to an aromatic ring is 1. The fraction of sp³-hybridized carbons (Fsp3) is 0.250. The molecule has 0 unspecified atom stereocenters. The maximum atomic E-state index is 5.63. The fourth-order valence-corrected chi connectivity index (χ4v) is 2.60. The Morgan fingerprint density at radius 1 is 1.22 bits per heavy atom. The number of H-pyrrole nitrogens is 1. The van der Waals surface area contributed by atoms with Gasteiger partial charge in [0.05, 0.1) is 24.4 Å². The van der Waals surface area contributed by atoms with Gasteiger partial charge in [-0.05, 0) is 34.5 Å². The molecule has 18 heavy (non-hydrogen) atoms. The Labute approximate surface area is 113 Å². The minimum atomic E-state index is 0.438. The van der Waals surface area contributed by atoms with E-state index in [9.17, 15) is 0 Å². The van der Waals surface area contributed by atoms with Gasteiger partial charge in [-0.15, -0.1) is 0 Å².